The van der Waals surface area contributed by atoms with Gasteiger partial charge in [0.25, 0.3) is 0 Å². The van der Waals surface area contributed by atoms with Gasteiger partial charge in [0.15, 0.2) is 0 Å². The van der Waals surface area contributed by atoms with E-state index < -0.39 is 0 Å². The van der Waals surface area contributed by atoms with Gasteiger partial charge in [0, 0.05) is 37.7 Å². The number of fused-ring (bicyclic) bond motifs is 2. The van der Waals surface area contributed by atoms with E-state index in [1.807, 2.05) is 26.1 Å². The van der Waals surface area contributed by atoms with Crippen molar-refractivity contribution < 1.29 is 30.3 Å². The molecule has 4 aromatic carbocycles. The van der Waals surface area contributed by atoms with E-state index in [2.05, 4.69) is 82.8 Å². The minimum Gasteiger partial charge on any atom is -0.393 e. The van der Waals surface area contributed by atoms with E-state index in [4.69, 9.17) is 10.2 Å². The van der Waals surface area contributed by atoms with Crippen molar-refractivity contribution >= 4 is 21.5 Å². The molecule has 2 unspecified atom stereocenters. The van der Waals surface area contributed by atoms with Crippen molar-refractivity contribution in [3.8, 4) is 22.4 Å². The van der Waals surface area contributed by atoms with Gasteiger partial charge in [0.05, 0.1) is 17.9 Å². The third-order valence-corrected chi connectivity index (χ3v) is 5.88. The van der Waals surface area contributed by atoms with Crippen molar-refractivity contribution in [1.29, 1.82) is 0 Å². The number of aromatic nitrogens is 2. The Balaban J connectivity index is 0.000000400. The largest absolute Gasteiger partial charge is 0.393 e. The Kier molecular flexibility index (Phi) is 9.47. The fourth-order valence-electron chi connectivity index (χ4n) is 4.30. The average molecular weight is 656 g/mol. The predicted octanol–water partition coefficient (Wildman–Crippen LogP) is 6.67. The molecule has 2 N–H and O–H groups in total. The summed E-state index contributed by atoms with van der Waals surface area (Å²) in [6.45, 7) is 7.29. The van der Waals surface area contributed by atoms with Gasteiger partial charge in [-0.3, -0.25) is 4.98 Å². The Labute approximate surface area is 226 Å². The first-order chi connectivity index (χ1) is 16.8. The van der Waals surface area contributed by atoms with Crippen molar-refractivity contribution in [3.05, 3.63) is 96.4 Å². The van der Waals surface area contributed by atoms with Crippen LogP contribution in [0.15, 0.2) is 79.0 Å². The number of rotatable bonds is 4. The summed E-state index contributed by atoms with van der Waals surface area (Å²) < 4.78 is 0. The molecule has 36 heavy (non-hydrogen) atoms. The molecule has 2 atom stereocenters. The maximum Gasteiger partial charge on any atom is 0.0539 e. The van der Waals surface area contributed by atoms with Gasteiger partial charge >= 0.3 is 0 Å². The van der Waals surface area contributed by atoms with Gasteiger partial charge < -0.3 is 15.2 Å². The summed E-state index contributed by atoms with van der Waals surface area (Å²) in [5.74, 6) is 0. The van der Waals surface area contributed by atoms with E-state index in [0.29, 0.717) is 6.42 Å². The summed E-state index contributed by atoms with van der Waals surface area (Å²) in [6.07, 6.45) is 1.54. The van der Waals surface area contributed by atoms with Crippen molar-refractivity contribution in [2.75, 3.05) is 0 Å². The molecule has 187 valence electrons. The molecule has 5 rings (SSSR count). The van der Waals surface area contributed by atoms with Crippen LogP contribution in [0.2, 0.25) is 0 Å². The molecule has 0 saturated heterocycles. The van der Waals surface area contributed by atoms with Crippen LogP contribution in [0.25, 0.3) is 43.9 Å². The van der Waals surface area contributed by atoms with Crippen LogP contribution >= 0.6 is 0 Å². The Hall–Kier alpha value is -2.95. The van der Waals surface area contributed by atoms with Gasteiger partial charge in [-0.25, -0.2) is 0 Å². The summed E-state index contributed by atoms with van der Waals surface area (Å²) in [6, 6.07) is 29.1. The zero-order chi connectivity index (χ0) is 24.9. The summed E-state index contributed by atoms with van der Waals surface area (Å²) >= 11 is 0. The summed E-state index contributed by atoms with van der Waals surface area (Å²) in [5, 5.41) is 22.0. The van der Waals surface area contributed by atoms with Crippen LogP contribution in [0, 0.1) is 19.9 Å². The molecular formula is C31H31IrN2O2-. The third-order valence-electron chi connectivity index (χ3n) is 5.88. The molecule has 0 aliphatic rings. The molecule has 0 aliphatic heterocycles. The van der Waals surface area contributed by atoms with E-state index in [1.165, 1.54) is 27.3 Å². The van der Waals surface area contributed by atoms with Crippen molar-refractivity contribution in [3.63, 3.8) is 0 Å². The molecule has 0 aliphatic carbocycles. The van der Waals surface area contributed by atoms with E-state index in [-0.39, 0.29) is 32.3 Å². The number of hydrogen-bond donors (Lipinski definition) is 2. The Bertz CT molecular complexity index is 1460. The average Bonchev–Trinajstić information content (AvgIpc) is 2.83. The van der Waals surface area contributed by atoms with Crippen molar-refractivity contribution in [2.24, 2.45) is 0 Å². The number of benzene rings is 4. The predicted molar refractivity (Wildman–Crippen MR) is 144 cm³/mol. The molecule has 0 amide bonds. The van der Waals surface area contributed by atoms with Crippen LogP contribution in [-0.4, -0.2) is 32.4 Å². The van der Waals surface area contributed by atoms with Gasteiger partial charge in [-0.2, -0.15) is 0 Å². The van der Waals surface area contributed by atoms with Gasteiger partial charge in [-0.15, -0.1) is 29.1 Å². The Morgan fingerprint density at radius 1 is 0.806 bits per heavy atom. The second-order valence-corrected chi connectivity index (χ2v) is 9.10. The molecule has 1 heterocycles. The monoisotopic (exact) mass is 656 g/mol. The minimum atomic E-state index is -0.375. The van der Waals surface area contributed by atoms with Crippen molar-refractivity contribution in [1.82, 2.24) is 9.97 Å². The van der Waals surface area contributed by atoms with Crippen molar-refractivity contribution in [2.45, 2.75) is 46.3 Å². The summed E-state index contributed by atoms with van der Waals surface area (Å²) in [7, 11) is 0. The van der Waals surface area contributed by atoms with Gasteiger partial charge in [-0.05, 0) is 62.1 Å². The van der Waals surface area contributed by atoms with Crippen LogP contribution in [0.1, 0.15) is 31.7 Å². The minimum absolute atomic E-state index is 0. The maximum atomic E-state index is 8.56. The van der Waals surface area contributed by atoms with E-state index in [1.54, 1.807) is 13.8 Å². The molecule has 5 heteroatoms. The molecule has 5 aromatic rings. The molecule has 0 saturated carbocycles. The summed E-state index contributed by atoms with van der Waals surface area (Å²) in [4.78, 5) is 9.19. The zero-order valence-corrected chi connectivity index (χ0v) is 23.4. The van der Waals surface area contributed by atoms with E-state index >= 15 is 0 Å². The first-order valence-electron chi connectivity index (χ1n) is 11.9. The van der Waals surface area contributed by atoms with Gasteiger partial charge in [-0.1, -0.05) is 60.0 Å². The fraction of sp³-hybridized carbons (Fsp3) is 0.226. The molecule has 4 nitrogen and oxygen atoms in total. The van der Waals surface area contributed by atoms with E-state index in [0.717, 1.165) is 28.0 Å². The van der Waals surface area contributed by atoms with Crippen LogP contribution in [0.5, 0.6) is 0 Å². The zero-order valence-electron chi connectivity index (χ0n) is 21.0. The molecule has 0 fully saturated rings. The molecule has 1 aromatic heterocycles. The van der Waals surface area contributed by atoms with Crippen LogP contribution in [0.4, 0.5) is 0 Å². The number of aliphatic hydroxyl groups is 2. The molecule has 0 bridgehead atoms. The van der Waals surface area contributed by atoms with Crippen LogP contribution in [-0.2, 0) is 20.1 Å². The Morgan fingerprint density at radius 3 is 2.08 bits per heavy atom. The molecular weight excluding hydrogens is 625 g/mol. The van der Waals surface area contributed by atoms with Crippen LogP contribution in [0.3, 0.4) is 0 Å². The van der Waals surface area contributed by atoms with E-state index in [9.17, 15) is 0 Å². The second kappa shape index (κ2) is 12.3. The molecule has 0 spiro atoms. The van der Waals surface area contributed by atoms with Crippen LogP contribution < -0.4 is 0 Å². The SMILES string of the molecule is CC(O)CC(C)O.Cc1cnc(-c2[c-]ccc3cc(-c4ccc5ccccc5c4)ccc23)c(C)n1.[Ir]. The maximum absolute atomic E-state index is 8.56. The quantitative estimate of drug-likeness (QED) is 0.213. The second-order valence-electron chi connectivity index (χ2n) is 9.10. The number of aryl methyl sites for hydroxylation is 2. The third kappa shape index (κ3) is 6.63. The normalized spacial score (nSPS) is 12.4. The van der Waals surface area contributed by atoms with Gasteiger partial charge in [0.2, 0.25) is 0 Å². The first-order valence-corrected chi connectivity index (χ1v) is 11.9. The summed E-state index contributed by atoms with van der Waals surface area (Å²) in [5.41, 5.74) is 6.20. The fourth-order valence-corrected chi connectivity index (χ4v) is 4.30. The number of nitrogens with zero attached hydrogens (tertiary/aromatic N) is 2. The Morgan fingerprint density at radius 2 is 1.44 bits per heavy atom. The first kappa shape index (κ1) is 27.6. The van der Waals surface area contributed by atoms with Gasteiger partial charge in [0.1, 0.15) is 0 Å². The standard InChI is InChI=1S/C26H19N2.C5H12O2.Ir/c1-17-16-27-26(18(2)28-17)25-9-5-8-23-15-22(12-13-24(23)25)21-11-10-19-6-3-4-7-20(19)14-21;1-4(6)3-5(2)7;/h3-8,10-16H,1-2H3;4-7H,3H2,1-2H3;/q-1;;. The smallest absolute Gasteiger partial charge is 0.0539 e. The molecule has 1 radical (unpaired) electrons. The number of hydrogen-bond acceptors (Lipinski definition) is 4. The topological polar surface area (TPSA) is 66.2 Å². The number of aliphatic hydroxyl groups excluding tert-OH is 2.